The predicted octanol–water partition coefficient (Wildman–Crippen LogP) is 2.58. The molecule has 0 saturated carbocycles. The van der Waals surface area contributed by atoms with Gasteiger partial charge in [-0.25, -0.2) is 13.2 Å². The molecule has 2 N–H and O–H groups in total. The van der Waals surface area contributed by atoms with Gasteiger partial charge in [0.1, 0.15) is 10.9 Å². The number of nitrogens with two attached hydrogens (primary N) is 1. The van der Waals surface area contributed by atoms with E-state index in [9.17, 15) is 13.2 Å². The SMILES string of the molecule is C=CC(c1ccc(CN)nc1)S(=O)(=O)C1CCN(C(=O)OC(C)(C)C)CC1. The van der Waals surface area contributed by atoms with Gasteiger partial charge in [0.05, 0.1) is 10.9 Å². The Bertz CT molecular complexity index is 761. The number of nitrogens with zero attached hydrogens (tertiary/aromatic N) is 2. The second-order valence-corrected chi connectivity index (χ2v) is 10.1. The lowest BCUT2D eigenvalue weighted by molar-refractivity contribution is 0.0217. The van der Waals surface area contributed by atoms with E-state index >= 15 is 0 Å². The molecule has 0 radical (unpaired) electrons. The number of carbonyl (C=O) groups excluding carboxylic acids is 1. The summed E-state index contributed by atoms with van der Waals surface area (Å²) in [6.07, 6.45) is 3.33. The minimum atomic E-state index is -3.50. The van der Waals surface area contributed by atoms with E-state index in [0.29, 0.717) is 43.7 Å². The van der Waals surface area contributed by atoms with E-state index < -0.39 is 32.0 Å². The highest BCUT2D eigenvalue weighted by atomic mass is 32.2. The van der Waals surface area contributed by atoms with Gasteiger partial charge in [-0.2, -0.15) is 0 Å². The standard InChI is InChI=1S/C19H29N3O4S/c1-5-17(14-6-7-15(12-20)21-13-14)27(24,25)16-8-10-22(11-9-16)18(23)26-19(2,3)4/h5-7,13,16-17H,1,8-12,20H2,2-4H3. The fourth-order valence-electron chi connectivity index (χ4n) is 3.09. The van der Waals surface area contributed by atoms with Crippen LogP contribution in [0.15, 0.2) is 31.0 Å². The van der Waals surface area contributed by atoms with Crippen LogP contribution in [0.5, 0.6) is 0 Å². The smallest absolute Gasteiger partial charge is 0.410 e. The first-order chi connectivity index (χ1) is 12.6. The molecule has 1 atom stereocenters. The topological polar surface area (TPSA) is 103 Å². The molecule has 1 aromatic rings. The van der Waals surface area contributed by atoms with E-state index in [1.165, 1.54) is 6.08 Å². The van der Waals surface area contributed by atoms with Crippen LogP contribution in [0.25, 0.3) is 0 Å². The van der Waals surface area contributed by atoms with Crippen molar-refractivity contribution in [2.75, 3.05) is 13.1 Å². The maximum absolute atomic E-state index is 13.1. The maximum Gasteiger partial charge on any atom is 0.410 e. The van der Waals surface area contributed by atoms with Crippen molar-refractivity contribution in [1.82, 2.24) is 9.88 Å². The number of hydrogen-bond donors (Lipinski definition) is 1. The molecular formula is C19H29N3O4S. The van der Waals surface area contributed by atoms with Crippen LogP contribution in [0.1, 0.15) is 50.1 Å². The highest BCUT2D eigenvalue weighted by Gasteiger charge is 2.37. The van der Waals surface area contributed by atoms with Gasteiger partial charge in [-0.05, 0) is 45.2 Å². The summed E-state index contributed by atoms with van der Waals surface area (Å²) >= 11 is 0. The van der Waals surface area contributed by atoms with Gasteiger partial charge in [0, 0.05) is 25.8 Å². The Hall–Kier alpha value is -1.93. The quantitative estimate of drug-likeness (QED) is 0.769. The first-order valence-electron chi connectivity index (χ1n) is 9.06. The number of aromatic nitrogens is 1. The minimum Gasteiger partial charge on any atom is -0.444 e. The molecule has 0 aliphatic carbocycles. The van der Waals surface area contributed by atoms with Crippen molar-refractivity contribution in [2.45, 2.75) is 56.3 Å². The first kappa shape index (κ1) is 21.4. The number of pyridine rings is 1. The molecule has 1 amide bonds. The van der Waals surface area contributed by atoms with Gasteiger partial charge in [-0.15, -0.1) is 6.58 Å². The first-order valence-corrected chi connectivity index (χ1v) is 10.7. The van der Waals surface area contributed by atoms with E-state index in [1.807, 2.05) is 0 Å². The Morgan fingerprint density at radius 1 is 1.41 bits per heavy atom. The summed E-state index contributed by atoms with van der Waals surface area (Å²) in [6, 6.07) is 3.46. The highest BCUT2D eigenvalue weighted by Crippen LogP contribution is 2.31. The fraction of sp³-hybridized carbons (Fsp3) is 0.579. The molecule has 0 bridgehead atoms. The Balaban J connectivity index is 2.08. The molecule has 1 fully saturated rings. The van der Waals surface area contributed by atoms with E-state index in [-0.39, 0.29) is 0 Å². The molecule has 8 heteroatoms. The zero-order valence-corrected chi connectivity index (χ0v) is 17.0. The molecule has 2 heterocycles. The Kier molecular flexibility index (Phi) is 6.64. The number of ether oxygens (including phenoxy) is 1. The van der Waals surface area contributed by atoms with Gasteiger partial charge in [-0.3, -0.25) is 4.98 Å². The zero-order valence-electron chi connectivity index (χ0n) is 16.2. The number of sulfone groups is 1. The summed E-state index contributed by atoms with van der Waals surface area (Å²) in [4.78, 5) is 17.9. The van der Waals surface area contributed by atoms with Crippen molar-refractivity contribution in [2.24, 2.45) is 5.73 Å². The summed E-state index contributed by atoms with van der Waals surface area (Å²) in [5, 5.41) is -1.36. The third-order valence-corrected chi connectivity index (χ3v) is 7.08. The molecule has 2 rings (SSSR count). The largest absolute Gasteiger partial charge is 0.444 e. The third-order valence-electron chi connectivity index (χ3n) is 4.51. The van der Waals surface area contributed by atoms with Gasteiger partial charge in [-0.1, -0.05) is 12.1 Å². The minimum absolute atomic E-state index is 0.301. The second kappa shape index (κ2) is 8.39. The van der Waals surface area contributed by atoms with Crippen molar-refractivity contribution < 1.29 is 17.9 Å². The van der Waals surface area contributed by atoms with Crippen molar-refractivity contribution in [3.8, 4) is 0 Å². The average Bonchev–Trinajstić information content (AvgIpc) is 2.61. The number of rotatable bonds is 5. The number of carbonyl (C=O) groups is 1. The van der Waals surface area contributed by atoms with Crippen molar-refractivity contribution in [3.63, 3.8) is 0 Å². The van der Waals surface area contributed by atoms with Gasteiger partial charge < -0.3 is 15.4 Å². The average molecular weight is 396 g/mol. The number of hydrogen-bond acceptors (Lipinski definition) is 6. The Morgan fingerprint density at radius 2 is 2.04 bits per heavy atom. The third kappa shape index (κ3) is 5.29. The predicted molar refractivity (Wildman–Crippen MR) is 105 cm³/mol. The van der Waals surface area contributed by atoms with Crippen LogP contribution in [0.3, 0.4) is 0 Å². The monoisotopic (exact) mass is 395 g/mol. The van der Waals surface area contributed by atoms with Crippen LogP contribution < -0.4 is 5.73 Å². The molecule has 7 nitrogen and oxygen atoms in total. The van der Waals surface area contributed by atoms with Crippen LogP contribution in [0.4, 0.5) is 4.79 Å². The zero-order chi connectivity index (χ0) is 20.2. The molecule has 1 unspecified atom stereocenters. The van der Waals surface area contributed by atoms with Gasteiger partial charge in [0.15, 0.2) is 9.84 Å². The lowest BCUT2D eigenvalue weighted by Gasteiger charge is -2.34. The molecule has 1 aliphatic rings. The second-order valence-electron chi connectivity index (χ2n) is 7.70. The molecule has 150 valence electrons. The molecule has 0 spiro atoms. The Labute approximate surface area is 161 Å². The van der Waals surface area contributed by atoms with E-state index in [1.54, 1.807) is 44.0 Å². The molecule has 1 saturated heterocycles. The van der Waals surface area contributed by atoms with Crippen LogP contribution in [-0.2, 0) is 21.1 Å². The van der Waals surface area contributed by atoms with Crippen molar-refractivity contribution in [1.29, 1.82) is 0 Å². The Morgan fingerprint density at radius 3 is 2.48 bits per heavy atom. The lowest BCUT2D eigenvalue weighted by Crippen LogP contribution is -2.45. The van der Waals surface area contributed by atoms with Crippen molar-refractivity contribution >= 4 is 15.9 Å². The van der Waals surface area contributed by atoms with E-state index in [2.05, 4.69) is 11.6 Å². The summed E-state index contributed by atoms with van der Waals surface area (Å²) < 4.78 is 31.6. The van der Waals surface area contributed by atoms with Crippen LogP contribution in [0.2, 0.25) is 0 Å². The fourth-order valence-corrected chi connectivity index (χ4v) is 5.16. The number of amides is 1. The summed E-state index contributed by atoms with van der Waals surface area (Å²) in [7, 11) is -3.50. The summed E-state index contributed by atoms with van der Waals surface area (Å²) in [5.74, 6) is 0. The number of piperidine rings is 1. The van der Waals surface area contributed by atoms with Gasteiger partial charge in [0.2, 0.25) is 0 Å². The molecule has 1 aliphatic heterocycles. The van der Waals surface area contributed by atoms with Crippen molar-refractivity contribution in [3.05, 3.63) is 42.2 Å². The normalized spacial score (nSPS) is 17.4. The lowest BCUT2D eigenvalue weighted by atomic mass is 10.1. The highest BCUT2D eigenvalue weighted by molar-refractivity contribution is 7.92. The number of likely N-dealkylation sites (tertiary alicyclic amines) is 1. The molecule has 27 heavy (non-hydrogen) atoms. The van der Waals surface area contributed by atoms with Crippen LogP contribution in [-0.4, -0.2) is 48.3 Å². The van der Waals surface area contributed by atoms with Crippen LogP contribution >= 0.6 is 0 Å². The van der Waals surface area contributed by atoms with E-state index in [4.69, 9.17) is 10.5 Å². The maximum atomic E-state index is 13.1. The molecule has 0 aromatic carbocycles. The summed E-state index contributed by atoms with van der Waals surface area (Å²) in [6.45, 7) is 10.1. The molecular weight excluding hydrogens is 366 g/mol. The summed E-state index contributed by atoms with van der Waals surface area (Å²) in [5.41, 5.74) is 6.25. The van der Waals surface area contributed by atoms with E-state index in [0.717, 1.165) is 0 Å². The van der Waals surface area contributed by atoms with Gasteiger partial charge in [0.25, 0.3) is 0 Å². The van der Waals surface area contributed by atoms with Crippen LogP contribution in [0, 0.1) is 0 Å². The molecule has 1 aromatic heterocycles. The van der Waals surface area contributed by atoms with Gasteiger partial charge >= 0.3 is 6.09 Å².